The van der Waals surface area contributed by atoms with Crippen LogP contribution in [0, 0.1) is 25.6 Å². The molecule has 1 aromatic carbocycles. The molecule has 4 amide bonds. The maximum Gasteiger partial charge on any atom is 0.412 e. The molecule has 14 nitrogen and oxygen atoms in total. The maximum absolute atomic E-state index is 13.8. The number of rotatable bonds is 13. The fraction of sp³-hybridized carbons (Fsp3) is 0.452. The van der Waals surface area contributed by atoms with E-state index in [4.69, 9.17) is 14.2 Å². The number of aromatic amines is 1. The van der Waals surface area contributed by atoms with Crippen LogP contribution in [-0.4, -0.2) is 85.7 Å². The Hall–Kier alpha value is -4.92. The predicted octanol–water partition coefficient (Wildman–Crippen LogP) is 3.70. The second-order valence-electron chi connectivity index (χ2n) is 10.8. The van der Waals surface area contributed by atoms with Gasteiger partial charge in [0, 0.05) is 56.3 Å². The molecule has 0 radical (unpaired) electrons. The molecule has 1 aliphatic rings. The smallest absolute Gasteiger partial charge is 0.412 e. The van der Waals surface area contributed by atoms with Crippen molar-refractivity contribution in [3.8, 4) is 0 Å². The summed E-state index contributed by atoms with van der Waals surface area (Å²) >= 11 is 0. The van der Waals surface area contributed by atoms with E-state index in [1.165, 1.54) is 37.1 Å². The number of esters is 1. The summed E-state index contributed by atoms with van der Waals surface area (Å²) in [4.78, 5) is 67.3. The van der Waals surface area contributed by atoms with Crippen LogP contribution in [0.25, 0.3) is 11.6 Å². The molecule has 0 aliphatic carbocycles. The summed E-state index contributed by atoms with van der Waals surface area (Å²) in [5.74, 6) is -2.44. The Morgan fingerprint density at radius 1 is 1.11 bits per heavy atom. The molecule has 0 spiro atoms. The number of hydrogen-bond donors (Lipinski definition) is 4. The maximum atomic E-state index is 13.8. The number of aryl methyl sites for hydroxylation is 1. The van der Waals surface area contributed by atoms with Gasteiger partial charge in [0.05, 0.1) is 11.1 Å². The molecule has 2 unspecified atom stereocenters. The van der Waals surface area contributed by atoms with Gasteiger partial charge >= 0.3 is 18.2 Å². The molecule has 3 rings (SSSR count). The number of methoxy groups -OCH3 is 1. The molecule has 15 heteroatoms. The fourth-order valence-electron chi connectivity index (χ4n) is 4.73. The molecule has 0 fully saturated rings. The highest BCUT2D eigenvalue weighted by Gasteiger charge is 2.30. The summed E-state index contributed by atoms with van der Waals surface area (Å²) in [5.41, 5.74) is 3.23. The lowest BCUT2D eigenvalue weighted by Crippen LogP contribution is -2.47. The zero-order valence-electron chi connectivity index (χ0n) is 26.9. The van der Waals surface area contributed by atoms with Crippen LogP contribution >= 0.6 is 0 Å². The van der Waals surface area contributed by atoms with Gasteiger partial charge in [-0.1, -0.05) is 13.8 Å². The average molecular weight is 646 g/mol. The van der Waals surface area contributed by atoms with Gasteiger partial charge in [0.1, 0.15) is 11.9 Å². The van der Waals surface area contributed by atoms with Gasteiger partial charge in [0.15, 0.2) is 6.79 Å². The van der Waals surface area contributed by atoms with Gasteiger partial charge in [-0.2, -0.15) is 0 Å². The van der Waals surface area contributed by atoms with Crippen molar-refractivity contribution in [2.45, 2.75) is 53.9 Å². The first kappa shape index (κ1) is 35.6. The Balaban J connectivity index is 1.56. The molecule has 2 atom stereocenters. The Labute approximate surface area is 266 Å². The van der Waals surface area contributed by atoms with Gasteiger partial charge in [-0.15, -0.1) is 0 Å². The molecule has 250 valence electrons. The number of nitrogens with one attached hydrogen (secondary N) is 4. The van der Waals surface area contributed by atoms with E-state index in [9.17, 15) is 28.4 Å². The number of nitrogens with zero attached hydrogens (tertiary/aromatic N) is 1. The van der Waals surface area contributed by atoms with Crippen LogP contribution in [0.4, 0.5) is 19.7 Å². The van der Waals surface area contributed by atoms with Gasteiger partial charge in [-0.05, 0) is 56.5 Å². The molecular formula is C31H40FN5O9. The predicted molar refractivity (Wildman–Crippen MR) is 165 cm³/mol. The number of aromatic nitrogens is 1. The number of fused-ring (bicyclic) bond motifs is 1. The number of halogens is 1. The third kappa shape index (κ3) is 8.84. The number of anilines is 1. The molecule has 2 aromatic rings. The first-order valence-electron chi connectivity index (χ1n) is 14.7. The summed E-state index contributed by atoms with van der Waals surface area (Å²) in [5, 5.41) is 7.86. The van der Waals surface area contributed by atoms with E-state index in [2.05, 4.69) is 25.7 Å². The number of alkyl carbamates (subject to hydrolysis) is 1. The minimum Gasteiger partial charge on any atom is -0.424 e. The number of H-pyrrole nitrogens is 1. The van der Waals surface area contributed by atoms with Crippen molar-refractivity contribution in [3.05, 3.63) is 52.1 Å². The molecule has 0 bridgehead atoms. The van der Waals surface area contributed by atoms with Crippen LogP contribution in [0.2, 0.25) is 0 Å². The van der Waals surface area contributed by atoms with Crippen LogP contribution in [-0.2, 0) is 28.5 Å². The molecule has 2 heterocycles. The first-order valence-corrected chi connectivity index (χ1v) is 14.7. The Morgan fingerprint density at radius 2 is 1.83 bits per heavy atom. The Morgan fingerprint density at radius 3 is 2.48 bits per heavy atom. The standard InChI is InChI=1S/C31H40FN5O9/c1-8-37(31(42)46-19(6)45-29(40)26(16(2)3)36-30(41)44-15-43-7)12-11-33-28(39)25-17(4)24(34-18(25)5)14-22-21-13-20(32)9-10-23(21)35-27(22)38/h9-10,13-14,16,19,26,34H,8,11-12,15H2,1-7H3,(H,33,39)(H,35,38)(H,36,41)/b22-14-. The number of amides is 4. The molecule has 0 saturated heterocycles. The van der Waals surface area contributed by atoms with E-state index >= 15 is 0 Å². The average Bonchev–Trinajstić information content (AvgIpc) is 3.45. The third-order valence-electron chi connectivity index (χ3n) is 7.11. The topological polar surface area (TPSA) is 177 Å². The van der Waals surface area contributed by atoms with Crippen molar-refractivity contribution in [2.24, 2.45) is 5.92 Å². The van der Waals surface area contributed by atoms with Gasteiger partial charge in [0.25, 0.3) is 11.8 Å². The highest BCUT2D eigenvalue weighted by molar-refractivity contribution is 6.34. The Bertz CT molecular complexity index is 1500. The molecule has 46 heavy (non-hydrogen) atoms. The Kier molecular flexibility index (Phi) is 12.3. The van der Waals surface area contributed by atoms with Gasteiger partial charge in [0.2, 0.25) is 6.29 Å². The van der Waals surface area contributed by atoms with E-state index in [1.54, 1.807) is 40.7 Å². The monoisotopic (exact) mass is 645 g/mol. The normalized spacial score (nSPS) is 14.3. The molecule has 4 N–H and O–H groups in total. The van der Waals surface area contributed by atoms with Crippen LogP contribution in [0.15, 0.2) is 18.2 Å². The summed E-state index contributed by atoms with van der Waals surface area (Å²) in [6.07, 6.45) is -1.34. The number of benzene rings is 1. The minimum atomic E-state index is -1.27. The van der Waals surface area contributed by atoms with Crippen LogP contribution < -0.4 is 16.0 Å². The highest BCUT2D eigenvalue weighted by Crippen LogP contribution is 2.34. The zero-order valence-corrected chi connectivity index (χ0v) is 26.9. The number of hydrogen-bond acceptors (Lipinski definition) is 9. The van der Waals surface area contributed by atoms with Crippen LogP contribution in [0.5, 0.6) is 0 Å². The lowest BCUT2D eigenvalue weighted by Gasteiger charge is -2.25. The largest absolute Gasteiger partial charge is 0.424 e. The summed E-state index contributed by atoms with van der Waals surface area (Å²) in [6, 6.07) is 2.96. The second-order valence-corrected chi connectivity index (χ2v) is 10.8. The summed E-state index contributed by atoms with van der Waals surface area (Å²) < 4.78 is 33.7. The van der Waals surface area contributed by atoms with Crippen molar-refractivity contribution >= 4 is 47.3 Å². The zero-order chi connectivity index (χ0) is 34.1. The summed E-state index contributed by atoms with van der Waals surface area (Å²) in [6.45, 7) is 10.0. The fourth-order valence-corrected chi connectivity index (χ4v) is 4.73. The van der Waals surface area contributed by atoms with Crippen molar-refractivity contribution in [1.29, 1.82) is 0 Å². The minimum absolute atomic E-state index is 0.0778. The van der Waals surface area contributed by atoms with Crippen molar-refractivity contribution in [2.75, 3.05) is 38.9 Å². The number of likely N-dealkylation sites (N-methyl/N-ethyl adjacent to an activating group) is 1. The quantitative estimate of drug-likeness (QED) is 0.144. The summed E-state index contributed by atoms with van der Waals surface area (Å²) in [7, 11) is 1.34. The number of carbonyl (C=O) groups is 5. The first-order chi connectivity index (χ1) is 21.8. The lowest BCUT2D eigenvalue weighted by atomic mass is 10.0. The molecule has 0 saturated carbocycles. The van der Waals surface area contributed by atoms with Crippen LogP contribution in [0.1, 0.15) is 60.6 Å². The highest BCUT2D eigenvalue weighted by atomic mass is 19.1. The van der Waals surface area contributed by atoms with Gasteiger partial charge in [-0.25, -0.2) is 18.8 Å². The van der Waals surface area contributed by atoms with Crippen molar-refractivity contribution in [3.63, 3.8) is 0 Å². The SMILES string of the molecule is CCN(CCNC(=O)c1c(C)[nH]c(/C=C2\C(=O)Nc3ccc(F)cc32)c1C)C(=O)OC(C)OC(=O)C(NC(=O)OCOC)C(C)C. The number of ether oxygens (including phenoxy) is 4. The lowest BCUT2D eigenvalue weighted by molar-refractivity contribution is -0.169. The van der Waals surface area contributed by atoms with E-state index in [0.717, 1.165) is 0 Å². The van der Waals surface area contributed by atoms with E-state index in [-0.39, 0.29) is 43.8 Å². The van der Waals surface area contributed by atoms with Crippen molar-refractivity contribution < 1.29 is 47.3 Å². The van der Waals surface area contributed by atoms with Gasteiger partial charge in [-0.3, -0.25) is 9.59 Å². The van der Waals surface area contributed by atoms with E-state index in [1.807, 2.05) is 0 Å². The van der Waals surface area contributed by atoms with Gasteiger partial charge < -0.3 is 44.8 Å². The second kappa shape index (κ2) is 15.9. The molecule has 1 aliphatic heterocycles. The van der Waals surface area contributed by atoms with Crippen LogP contribution in [0.3, 0.4) is 0 Å². The number of carbonyl (C=O) groups excluding carboxylic acids is 5. The third-order valence-corrected chi connectivity index (χ3v) is 7.11. The molecule has 1 aromatic heterocycles. The molecular weight excluding hydrogens is 605 g/mol. The van der Waals surface area contributed by atoms with Crippen molar-refractivity contribution in [1.82, 2.24) is 20.5 Å². The van der Waals surface area contributed by atoms with E-state index < -0.39 is 42.2 Å². The van der Waals surface area contributed by atoms with E-state index in [0.29, 0.717) is 33.8 Å².